The van der Waals surface area contributed by atoms with Crippen molar-refractivity contribution < 1.29 is 39.4 Å². The summed E-state index contributed by atoms with van der Waals surface area (Å²) in [6.07, 6.45) is 0. The molecule has 23 aromatic rings. The average molecular weight is 1650 g/mol. The summed E-state index contributed by atoms with van der Waals surface area (Å²) in [4.78, 5) is 41.5. The Morgan fingerprint density at radius 2 is 0.359 bits per heavy atom. The number of hydrogen-bond acceptors (Lipinski definition) is 14. The van der Waals surface area contributed by atoms with Gasteiger partial charge in [0.25, 0.3) is 0 Å². The zero-order valence-electron chi connectivity index (χ0n) is 67.7. The van der Waals surface area contributed by atoms with Crippen LogP contribution in [0.2, 0.25) is 0 Å². The molecular weight excluding hydrogens is 1590 g/mol. The largest absolute Gasteiger partial charge is 0.507 e. The third kappa shape index (κ3) is 11.7. The molecule has 16 nitrogen and oxygen atoms in total. The number of hydrogen-bond donors (Lipinski definition) is 6. The number of phenolic OH excluding ortho intramolecular Hbond substituents is 4. The summed E-state index contributed by atoms with van der Waals surface area (Å²) >= 11 is 0. The van der Waals surface area contributed by atoms with Crippen LogP contribution in [0.25, 0.3) is 220 Å². The molecule has 0 amide bonds. The second-order valence-corrected chi connectivity index (χ2v) is 32.1. The van der Waals surface area contributed by atoms with Crippen molar-refractivity contribution in [3.63, 3.8) is 0 Å². The second-order valence-electron chi connectivity index (χ2n) is 32.1. The van der Waals surface area contributed by atoms with Crippen LogP contribution >= 0.6 is 0 Å². The van der Waals surface area contributed by atoms with Gasteiger partial charge in [-0.25, -0.2) is 29.9 Å². The highest BCUT2D eigenvalue weighted by Gasteiger charge is 2.31. The highest BCUT2D eigenvalue weighted by atomic mass is 16.5. The molecule has 0 unspecified atom stereocenters. The number of rotatable bonds is 12. The van der Waals surface area contributed by atoms with Crippen LogP contribution in [0.3, 0.4) is 0 Å². The van der Waals surface area contributed by atoms with E-state index in [9.17, 15) is 20.4 Å². The summed E-state index contributed by atoms with van der Waals surface area (Å²) in [6, 6.07) is 118. The maximum absolute atomic E-state index is 11.6. The lowest BCUT2D eigenvalue weighted by molar-refractivity contribution is 0.481. The molecule has 5 heterocycles. The number of ether oxygens (including phenoxy) is 4. The van der Waals surface area contributed by atoms with Crippen molar-refractivity contribution in [2.24, 2.45) is 0 Å². The number of nitrogens with one attached hydrogen (secondary N) is 2. The van der Waals surface area contributed by atoms with E-state index in [0.717, 1.165) is 109 Å². The first-order chi connectivity index (χ1) is 63.1. The summed E-state index contributed by atoms with van der Waals surface area (Å²) in [5.41, 5.74) is 10.3. The fourth-order valence-electron chi connectivity index (χ4n) is 19.3. The lowest BCUT2D eigenvalue weighted by Crippen LogP contribution is -1.93. The van der Waals surface area contributed by atoms with Crippen LogP contribution in [0.5, 0.6) is 69.0 Å². The summed E-state index contributed by atoms with van der Waals surface area (Å²) in [7, 11) is 0. The molecular formula is C112H66N8O8. The predicted molar refractivity (Wildman–Crippen MR) is 511 cm³/mol. The molecule has 20 aromatic carbocycles. The minimum absolute atomic E-state index is 0.158. The van der Waals surface area contributed by atoms with Crippen LogP contribution in [0, 0.1) is 0 Å². The molecule has 0 spiro atoms. The van der Waals surface area contributed by atoms with Crippen LogP contribution < -0.4 is 18.9 Å². The van der Waals surface area contributed by atoms with Gasteiger partial charge in [-0.15, -0.1) is 0 Å². The number of benzene rings is 20. The third-order valence-electron chi connectivity index (χ3n) is 24.8. The average Bonchev–Trinajstić information content (AvgIpc) is 0.942. The molecule has 128 heavy (non-hydrogen) atoms. The molecule has 8 bridgehead atoms. The molecule has 6 N–H and O–H groups in total. The molecule has 0 fully saturated rings. The number of fused-ring (bicyclic) bond motifs is 28. The lowest BCUT2D eigenvalue weighted by Gasteiger charge is -2.16. The van der Waals surface area contributed by atoms with E-state index in [1.54, 1.807) is 24.3 Å². The van der Waals surface area contributed by atoms with Crippen LogP contribution in [0.4, 0.5) is 0 Å². The number of aromatic hydroxyl groups is 4. The van der Waals surface area contributed by atoms with Gasteiger partial charge in [0.15, 0.2) is 23.3 Å². The van der Waals surface area contributed by atoms with Gasteiger partial charge in [-0.05, 0) is 160 Å². The van der Waals surface area contributed by atoms with Crippen LogP contribution in [-0.2, 0) is 0 Å². The van der Waals surface area contributed by atoms with Gasteiger partial charge < -0.3 is 49.3 Å². The van der Waals surface area contributed by atoms with Crippen LogP contribution in [-0.4, -0.2) is 60.3 Å². The molecule has 0 aliphatic carbocycles. The normalized spacial score (nSPS) is 11.9. The summed E-state index contributed by atoms with van der Waals surface area (Å²) in [5, 5.41) is 62.2. The topological polar surface area (TPSA) is 227 Å². The molecule has 0 atom stereocenters. The zero-order valence-corrected chi connectivity index (χ0v) is 67.7. The standard InChI is InChI=1S/C112H66N8O8/c121-81-49-9-29-61-21-1-37-69(93(61)81)73-41-5-25-65-33-13-53-85(97(65)73)125-89-57-17-45-77-101(89)109-113-105(77)118-110-103-79(47-19-59-91(103)127-87-55-15-35-67-27-7-43-75(99(67)87)71-39-3-23-63-31-11-51-83(123)95(63)71)107(115-110)120-112-104-80(48-20-60-92(104)128-88-56-16-36-68-28-8-44-76(100(68)88)72-40-4-24-64-32-12-52-84(124)96(64)72)108(116-112)119-111-102-78(106(114-111)117-109)46-18-58-90(102)126-86-54-14-34-66-26-6-42-74(98(66)86)70-38-2-22-62-30-10-50-82(122)94(62)70/h1-60,121-124H,(H2,113,114,115,116,117,118,119,120). The van der Waals surface area contributed by atoms with E-state index in [1.165, 1.54) is 0 Å². The number of H-pyrrole nitrogens is 2. The van der Waals surface area contributed by atoms with Crippen molar-refractivity contribution in [3.05, 3.63) is 364 Å². The minimum atomic E-state index is 0.158. The number of nitrogens with zero attached hydrogens (tertiary/aromatic N) is 6. The Hall–Kier alpha value is -17.8. The molecule has 3 aromatic heterocycles. The molecule has 16 heteroatoms. The molecule has 0 saturated carbocycles. The molecule has 0 radical (unpaired) electrons. The molecule has 602 valence electrons. The minimum Gasteiger partial charge on any atom is -0.507 e. The van der Waals surface area contributed by atoms with E-state index >= 15 is 0 Å². The molecule has 0 saturated heterocycles. The molecule has 25 rings (SSSR count). The fourth-order valence-corrected chi connectivity index (χ4v) is 19.3. The molecule has 2 aliphatic rings. The van der Waals surface area contributed by atoms with E-state index in [1.807, 2.05) is 267 Å². The summed E-state index contributed by atoms with van der Waals surface area (Å²) < 4.78 is 30.0. The first kappa shape index (κ1) is 73.0. The second kappa shape index (κ2) is 29.0. The van der Waals surface area contributed by atoms with E-state index in [-0.39, 0.29) is 46.3 Å². The van der Waals surface area contributed by atoms with Crippen LogP contribution in [0.1, 0.15) is 0 Å². The predicted octanol–water partition coefficient (Wildman–Crippen LogP) is 28.8. The third-order valence-corrected chi connectivity index (χ3v) is 24.8. The van der Waals surface area contributed by atoms with Crippen molar-refractivity contribution in [1.29, 1.82) is 0 Å². The van der Waals surface area contributed by atoms with Gasteiger partial charge in [-0.1, -0.05) is 291 Å². The monoisotopic (exact) mass is 1650 g/mol. The maximum atomic E-state index is 11.6. The summed E-state index contributed by atoms with van der Waals surface area (Å²) in [6.45, 7) is 0. The first-order valence-electron chi connectivity index (χ1n) is 42.1. The highest BCUT2D eigenvalue weighted by molar-refractivity contribution is 6.17. The van der Waals surface area contributed by atoms with Gasteiger partial charge in [0, 0.05) is 65.0 Å². The lowest BCUT2D eigenvalue weighted by atomic mass is 9.93. The van der Waals surface area contributed by atoms with E-state index in [2.05, 4.69) is 82.8 Å². The van der Waals surface area contributed by atoms with Gasteiger partial charge in [-0.3, -0.25) is 0 Å². The smallest absolute Gasteiger partial charge is 0.168 e. The maximum Gasteiger partial charge on any atom is 0.168 e. The zero-order chi connectivity index (χ0) is 84.9. The van der Waals surface area contributed by atoms with Gasteiger partial charge in [0.2, 0.25) is 0 Å². The van der Waals surface area contributed by atoms with Crippen molar-refractivity contribution in [3.8, 4) is 159 Å². The van der Waals surface area contributed by atoms with E-state index in [0.29, 0.717) is 134 Å². The summed E-state index contributed by atoms with van der Waals surface area (Å²) in [5.74, 6) is 5.50. The number of aromatic amines is 2. The Morgan fingerprint density at radius 3 is 0.641 bits per heavy atom. The van der Waals surface area contributed by atoms with Gasteiger partial charge in [-0.2, -0.15) is 0 Å². The van der Waals surface area contributed by atoms with Gasteiger partial charge in [0.1, 0.15) is 91.6 Å². The molecule has 2 aliphatic heterocycles. The Balaban J connectivity index is 0.755. The highest BCUT2D eigenvalue weighted by Crippen LogP contribution is 2.53. The van der Waals surface area contributed by atoms with Crippen molar-refractivity contribution in [2.75, 3.05) is 0 Å². The van der Waals surface area contributed by atoms with E-state index in [4.69, 9.17) is 48.9 Å². The van der Waals surface area contributed by atoms with Crippen molar-refractivity contribution >= 4 is 130 Å². The first-order valence-corrected chi connectivity index (χ1v) is 42.1. The SMILES string of the molecule is Oc1cccc2cccc(-c3cccc4cccc(Oc5cccc6c5-c5nc-6nc6[nH]c(nc7nc(nc8[nH]c(n5)c5cccc(Oc9cccc%10cccc(-c%11cccc%12cccc(O)c%11%12)c9%10)c85)-c5cccc(Oc8cccc9cccc(-c%10cccc%11cccc(O)c%10%11)c89)c5-7)c5cccc(Oc7cccc8cccc(-c9cccc%10cccc(O)c9%10)c78)c65)c34)c12. The van der Waals surface area contributed by atoms with Crippen molar-refractivity contribution in [1.82, 2.24) is 39.9 Å². The fraction of sp³-hybridized carbons (Fsp3) is 0. The van der Waals surface area contributed by atoms with Crippen molar-refractivity contribution in [2.45, 2.75) is 0 Å². The Bertz CT molecular complexity index is 8400. The van der Waals surface area contributed by atoms with Crippen LogP contribution in [0.15, 0.2) is 364 Å². The van der Waals surface area contributed by atoms with Gasteiger partial charge in [0.05, 0.1) is 21.9 Å². The Labute approximate surface area is 728 Å². The number of aromatic nitrogens is 8. The Kier molecular flexibility index (Phi) is 16.5. The van der Waals surface area contributed by atoms with Gasteiger partial charge >= 0.3 is 0 Å². The van der Waals surface area contributed by atoms with E-state index < -0.39 is 0 Å². The number of phenols is 4. The Morgan fingerprint density at radius 1 is 0.164 bits per heavy atom. The quantitative estimate of drug-likeness (QED) is 0.0669.